The van der Waals surface area contributed by atoms with Crippen molar-refractivity contribution in [3.63, 3.8) is 0 Å². The smallest absolute Gasteiger partial charge is 0.243 e. The van der Waals surface area contributed by atoms with Crippen LogP contribution in [-0.4, -0.2) is 52.2 Å². The SMILES string of the molecule is O=S(=O)(c1ccc(OCCOc2ccccc2F)cc1)N1CCOCC1. The molecule has 0 radical (unpaired) electrons. The van der Waals surface area contributed by atoms with Gasteiger partial charge in [0.15, 0.2) is 11.6 Å². The molecular weight excluding hydrogens is 361 g/mol. The number of ether oxygens (including phenoxy) is 3. The summed E-state index contributed by atoms with van der Waals surface area (Å²) in [5.41, 5.74) is 0. The first-order valence-electron chi connectivity index (χ1n) is 8.25. The fourth-order valence-corrected chi connectivity index (χ4v) is 3.92. The molecule has 0 aromatic heterocycles. The first kappa shape index (κ1) is 18.6. The Balaban J connectivity index is 1.52. The zero-order valence-electron chi connectivity index (χ0n) is 14.1. The van der Waals surface area contributed by atoms with Gasteiger partial charge in [-0.05, 0) is 36.4 Å². The number of para-hydroxylation sites is 1. The summed E-state index contributed by atoms with van der Waals surface area (Å²) >= 11 is 0. The molecule has 2 aromatic carbocycles. The van der Waals surface area contributed by atoms with Crippen molar-refractivity contribution in [3.05, 3.63) is 54.3 Å². The fraction of sp³-hybridized carbons (Fsp3) is 0.333. The monoisotopic (exact) mass is 381 g/mol. The molecule has 0 atom stereocenters. The molecule has 0 saturated carbocycles. The highest BCUT2D eigenvalue weighted by molar-refractivity contribution is 7.89. The lowest BCUT2D eigenvalue weighted by Gasteiger charge is -2.26. The maximum absolute atomic E-state index is 13.4. The van der Waals surface area contributed by atoms with E-state index >= 15 is 0 Å². The predicted molar refractivity (Wildman–Crippen MR) is 93.4 cm³/mol. The lowest BCUT2D eigenvalue weighted by Crippen LogP contribution is -2.40. The van der Waals surface area contributed by atoms with E-state index in [-0.39, 0.29) is 23.9 Å². The maximum Gasteiger partial charge on any atom is 0.243 e. The van der Waals surface area contributed by atoms with Crippen LogP contribution in [0.25, 0.3) is 0 Å². The summed E-state index contributed by atoms with van der Waals surface area (Å²) < 4.78 is 55.9. The Labute approximate surface area is 152 Å². The molecule has 2 aromatic rings. The van der Waals surface area contributed by atoms with E-state index in [2.05, 4.69) is 0 Å². The number of hydrogen-bond acceptors (Lipinski definition) is 5. The van der Waals surface area contributed by atoms with Crippen molar-refractivity contribution in [2.24, 2.45) is 0 Å². The van der Waals surface area contributed by atoms with Gasteiger partial charge < -0.3 is 14.2 Å². The highest BCUT2D eigenvalue weighted by atomic mass is 32.2. The van der Waals surface area contributed by atoms with E-state index in [0.717, 1.165) is 0 Å². The van der Waals surface area contributed by atoms with E-state index in [9.17, 15) is 12.8 Å². The zero-order valence-corrected chi connectivity index (χ0v) is 15.0. The van der Waals surface area contributed by atoms with Crippen molar-refractivity contribution in [1.29, 1.82) is 0 Å². The number of morpholine rings is 1. The normalized spacial score (nSPS) is 15.6. The first-order chi connectivity index (χ1) is 12.6. The van der Waals surface area contributed by atoms with Gasteiger partial charge in [0.05, 0.1) is 18.1 Å². The molecule has 3 rings (SSSR count). The molecule has 1 fully saturated rings. The van der Waals surface area contributed by atoms with E-state index in [0.29, 0.717) is 32.1 Å². The Morgan fingerprint density at radius 3 is 2.31 bits per heavy atom. The van der Waals surface area contributed by atoms with Gasteiger partial charge in [-0.1, -0.05) is 12.1 Å². The quantitative estimate of drug-likeness (QED) is 0.689. The summed E-state index contributed by atoms with van der Waals surface area (Å²) in [6.07, 6.45) is 0. The third-order valence-corrected chi connectivity index (χ3v) is 5.79. The van der Waals surface area contributed by atoms with Gasteiger partial charge in [0.1, 0.15) is 19.0 Å². The average Bonchev–Trinajstić information content (AvgIpc) is 2.67. The van der Waals surface area contributed by atoms with E-state index < -0.39 is 15.8 Å². The number of nitrogens with zero attached hydrogens (tertiary/aromatic N) is 1. The summed E-state index contributed by atoms with van der Waals surface area (Å²) in [5.74, 6) is 0.260. The Kier molecular flexibility index (Phi) is 6.08. The largest absolute Gasteiger partial charge is 0.490 e. The molecule has 0 N–H and O–H groups in total. The van der Waals surface area contributed by atoms with Gasteiger partial charge in [-0.25, -0.2) is 12.8 Å². The highest BCUT2D eigenvalue weighted by Crippen LogP contribution is 2.20. The summed E-state index contributed by atoms with van der Waals surface area (Å²) in [6.45, 7) is 1.91. The van der Waals surface area contributed by atoms with Crippen LogP contribution in [0.1, 0.15) is 0 Å². The standard InChI is InChI=1S/C18H20FNO5S/c19-17-3-1-2-4-18(17)25-14-13-24-15-5-7-16(8-6-15)26(21,22)20-9-11-23-12-10-20/h1-8H,9-14H2. The molecule has 8 heteroatoms. The van der Waals surface area contributed by atoms with Gasteiger partial charge in [0.2, 0.25) is 10.0 Å². The molecule has 0 amide bonds. The molecule has 1 aliphatic rings. The van der Waals surface area contributed by atoms with E-state index in [1.807, 2.05) is 0 Å². The molecule has 1 saturated heterocycles. The van der Waals surface area contributed by atoms with Gasteiger partial charge in [-0.3, -0.25) is 0 Å². The zero-order chi connectivity index (χ0) is 18.4. The highest BCUT2D eigenvalue weighted by Gasteiger charge is 2.26. The summed E-state index contributed by atoms with van der Waals surface area (Å²) in [4.78, 5) is 0.217. The Morgan fingerprint density at radius 2 is 1.62 bits per heavy atom. The second-order valence-corrected chi connectivity index (χ2v) is 7.55. The lowest BCUT2D eigenvalue weighted by atomic mass is 10.3. The number of sulfonamides is 1. The molecular formula is C18H20FNO5S. The minimum atomic E-state index is -3.51. The first-order valence-corrected chi connectivity index (χ1v) is 9.69. The van der Waals surface area contributed by atoms with Crippen LogP contribution >= 0.6 is 0 Å². The molecule has 26 heavy (non-hydrogen) atoms. The van der Waals surface area contributed by atoms with Gasteiger partial charge in [-0.15, -0.1) is 0 Å². The molecule has 6 nitrogen and oxygen atoms in total. The van der Waals surface area contributed by atoms with Gasteiger partial charge in [-0.2, -0.15) is 4.31 Å². The second-order valence-electron chi connectivity index (χ2n) is 5.62. The van der Waals surface area contributed by atoms with Gasteiger partial charge in [0, 0.05) is 13.1 Å². The van der Waals surface area contributed by atoms with Crippen molar-refractivity contribution in [3.8, 4) is 11.5 Å². The molecule has 0 bridgehead atoms. The predicted octanol–water partition coefficient (Wildman–Crippen LogP) is 2.30. The summed E-state index contributed by atoms with van der Waals surface area (Å²) in [5, 5.41) is 0. The van der Waals surface area contributed by atoms with Crippen molar-refractivity contribution < 1.29 is 27.0 Å². The van der Waals surface area contributed by atoms with E-state index in [1.165, 1.54) is 22.5 Å². The van der Waals surface area contributed by atoms with Crippen LogP contribution in [0.15, 0.2) is 53.4 Å². The Hall–Kier alpha value is -2.16. The fourth-order valence-electron chi connectivity index (χ4n) is 2.52. The van der Waals surface area contributed by atoms with Crippen LogP contribution in [0, 0.1) is 5.82 Å². The number of benzene rings is 2. The maximum atomic E-state index is 13.4. The molecule has 140 valence electrons. The van der Waals surface area contributed by atoms with Crippen molar-refractivity contribution in [2.75, 3.05) is 39.5 Å². The molecule has 1 heterocycles. The molecule has 1 aliphatic heterocycles. The summed E-state index contributed by atoms with van der Waals surface area (Å²) in [7, 11) is -3.51. The van der Waals surface area contributed by atoms with Crippen LogP contribution < -0.4 is 9.47 Å². The van der Waals surface area contributed by atoms with Crippen molar-refractivity contribution >= 4 is 10.0 Å². The van der Waals surface area contributed by atoms with Crippen LogP contribution in [-0.2, 0) is 14.8 Å². The minimum absolute atomic E-state index is 0.169. The molecule has 0 spiro atoms. The van der Waals surface area contributed by atoms with E-state index in [1.54, 1.807) is 30.3 Å². The van der Waals surface area contributed by atoms with Crippen LogP contribution in [0.4, 0.5) is 4.39 Å². The number of halogens is 1. The number of hydrogen-bond donors (Lipinski definition) is 0. The van der Waals surface area contributed by atoms with Crippen LogP contribution in [0.2, 0.25) is 0 Å². The van der Waals surface area contributed by atoms with Gasteiger partial charge in [0.25, 0.3) is 0 Å². The van der Waals surface area contributed by atoms with Crippen LogP contribution in [0.3, 0.4) is 0 Å². The molecule has 0 aliphatic carbocycles. The number of rotatable bonds is 7. The van der Waals surface area contributed by atoms with Crippen molar-refractivity contribution in [1.82, 2.24) is 4.31 Å². The third kappa shape index (κ3) is 4.51. The Morgan fingerprint density at radius 1 is 0.962 bits per heavy atom. The minimum Gasteiger partial charge on any atom is -0.490 e. The average molecular weight is 381 g/mol. The topological polar surface area (TPSA) is 65.1 Å². The molecule has 0 unspecified atom stereocenters. The summed E-state index contributed by atoms with van der Waals surface area (Å²) in [6, 6.07) is 12.4. The van der Waals surface area contributed by atoms with E-state index in [4.69, 9.17) is 14.2 Å². The third-order valence-electron chi connectivity index (χ3n) is 3.88. The second kappa shape index (κ2) is 8.48. The Bertz CT molecular complexity index is 820. The van der Waals surface area contributed by atoms with Crippen molar-refractivity contribution in [2.45, 2.75) is 4.90 Å². The van der Waals surface area contributed by atoms with Gasteiger partial charge >= 0.3 is 0 Å². The lowest BCUT2D eigenvalue weighted by molar-refractivity contribution is 0.0730. The van der Waals surface area contributed by atoms with Crippen LogP contribution in [0.5, 0.6) is 11.5 Å².